The van der Waals surface area contributed by atoms with Crippen molar-refractivity contribution in [2.45, 2.75) is 77.3 Å². The van der Waals surface area contributed by atoms with Gasteiger partial charge in [-0.15, -0.1) is 0 Å². The van der Waals surface area contributed by atoms with Gasteiger partial charge in [-0.3, -0.25) is 4.79 Å². The van der Waals surface area contributed by atoms with Crippen LogP contribution in [0.25, 0.3) is 0 Å². The molecule has 3 nitrogen and oxygen atoms in total. The fourth-order valence-corrected chi connectivity index (χ4v) is 3.93. The molecule has 0 aromatic heterocycles. The summed E-state index contributed by atoms with van der Waals surface area (Å²) in [5, 5.41) is 0. The molecule has 2 atom stereocenters. The van der Waals surface area contributed by atoms with Gasteiger partial charge in [-0.25, -0.2) is 0 Å². The molecule has 1 amide bonds. The van der Waals surface area contributed by atoms with Gasteiger partial charge in [0.25, 0.3) is 0 Å². The Bertz CT molecular complexity index is 297. The predicted octanol–water partition coefficient (Wildman–Crippen LogP) is 2.69. The van der Waals surface area contributed by atoms with E-state index in [4.69, 9.17) is 5.73 Å². The molecule has 2 rings (SSSR count). The van der Waals surface area contributed by atoms with Crippen LogP contribution in [0.3, 0.4) is 0 Å². The van der Waals surface area contributed by atoms with E-state index < -0.39 is 0 Å². The summed E-state index contributed by atoms with van der Waals surface area (Å²) in [5.41, 5.74) is 5.83. The summed E-state index contributed by atoms with van der Waals surface area (Å²) in [5.74, 6) is 0.408. The number of amides is 1. The van der Waals surface area contributed by atoms with E-state index in [1.807, 2.05) is 0 Å². The zero-order chi connectivity index (χ0) is 13.2. The monoisotopic (exact) mass is 252 g/mol. The predicted molar refractivity (Wildman–Crippen MR) is 74.2 cm³/mol. The maximum Gasteiger partial charge on any atom is 0.229 e. The second kappa shape index (κ2) is 5.60. The van der Waals surface area contributed by atoms with Gasteiger partial charge in [0.1, 0.15) is 0 Å². The lowest BCUT2D eigenvalue weighted by Crippen LogP contribution is -2.56. The lowest BCUT2D eigenvalue weighted by Gasteiger charge is -2.44. The number of hydrogen-bond donors (Lipinski definition) is 1. The smallest absolute Gasteiger partial charge is 0.229 e. The van der Waals surface area contributed by atoms with Gasteiger partial charge < -0.3 is 10.6 Å². The number of rotatable bonds is 3. The molecule has 0 bridgehead atoms. The fraction of sp³-hybridized carbons (Fsp3) is 0.933. The summed E-state index contributed by atoms with van der Waals surface area (Å²) in [6, 6.07) is 0.661. The van der Waals surface area contributed by atoms with Crippen LogP contribution in [0.2, 0.25) is 0 Å². The van der Waals surface area contributed by atoms with Crippen LogP contribution in [0, 0.1) is 5.41 Å². The highest BCUT2D eigenvalue weighted by molar-refractivity contribution is 5.83. The largest absolute Gasteiger partial charge is 0.335 e. The lowest BCUT2D eigenvalue weighted by atomic mass is 9.80. The standard InChI is InChI=1S/C15H28N2O/c1-3-15(9-4-5-10-15)14(18)17-12(2)7-6-8-13(17)11-16/h12-13H,3-11,16H2,1-2H3. The summed E-state index contributed by atoms with van der Waals surface area (Å²) in [7, 11) is 0. The van der Waals surface area contributed by atoms with Crippen LogP contribution in [0.5, 0.6) is 0 Å². The Morgan fingerprint density at radius 3 is 2.50 bits per heavy atom. The van der Waals surface area contributed by atoms with Crippen LogP contribution >= 0.6 is 0 Å². The van der Waals surface area contributed by atoms with Crippen LogP contribution in [0.15, 0.2) is 0 Å². The number of carbonyl (C=O) groups is 1. The molecule has 1 saturated heterocycles. The van der Waals surface area contributed by atoms with Crippen molar-refractivity contribution < 1.29 is 4.79 Å². The Morgan fingerprint density at radius 1 is 1.28 bits per heavy atom. The van der Waals surface area contributed by atoms with E-state index in [0.29, 0.717) is 18.5 Å². The highest BCUT2D eigenvalue weighted by atomic mass is 16.2. The van der Waals surface area contributed by atoms with Crippen molar-refractivity contribution in [3.63, 3.8) is 0 Å². The second-order valence-electron chi connectivity index (χ2n) is 6.22. The first-order valence-corrected chi connectivity index (χ1v) is 7.67. The highest BCUT2D eigenvalue weighted by Crippen LogP contribution is 2.44. The van der Waals surface area contributed by atoms with Gasteiger partial charge in [-0.2, -0.15) is 0 Å². The van der Waals surface area contributed by atoms with Gasteiger partial charge in [-0.1, -0.05) is 19.8 Å². The van der Waals surface area contributed by atoms with Crippen molar-refractivity contribution in [3.8, 4) is 0 Å². The Labute approximate surface area is 111 Å². The van der Waals surface area contributed by atoms with Crippen molar-refractivity contribution in [1.82, 2.24) is 4.90 Å². The Kier molecular flexibility index (Phi) is 4.31. The zero-order valence-electron chi connectivity index (χ0n) is 12.0. The summed E-state index contributed by atoms with van der Waals surface area (Å²) >= 11 is 0. The minimum Gasteiger partial charge on any atom is -0.335 e. The third-order valence-electron chi connectivity index (χ3n) is 5.23. The minimum absolute atomic E-state index is 0.0565. The number of hydrogen-bond acceptors (Lipinski definition) is 2. The Hall–Kier alpha value is -0.570. The van der Waals surface area contributed by atoms with Crippen molar-refractivity contribution >= 4 is 5.91 Å². The first-order chi connectivity index (χ1) is 8.64. The molecule has 1 saturated carbocycles. The SMILES string of the molecule is CCC1(C(=O)N2C(C)CCCC2CN)CCCC1. The molecule has 0 radical (unpaired) electrons. The molecule has 104 valence electrons. The molecule has 2 fully saturated rings. The van der Waals surface area contributed by atoms with E-state index >= 15 is 0 Å². The minimum atomic E-state index is -0.0565. The third kappa shape index (κ3) is 2.29. The maximum absolute atomic E-state index is 13.0. The van der Waals surface area contributed by atoms with Crippen LogP contribution in [0.1, 0.15) is 65.2 Å². The summed E-state index contributed by atoms with van der Waals surface area (Å²) in [6.07, 6.45) is 9.04. The van der Waals surface area contributed by atoms with E-state index in [9.17, 15) is 4.79 Å². The molecule has 0 aromatic rings. The summed E-state index contributed by atoms with van der Waals surface area (Å²) in [4.78, 5) is 15.2. The van der Waals surface area contributed by atoms with Crippen LogP contribution in [-0.2, 0) is 4.79 Å². The zero-order valence-corrected chi connectivity index (χ0v) is 12.0. The first-order valence-electron chi connectivity index (χ1n) is 7.67. The van der Waals surface area contributed by atoms with Gasteiger partial charge in [0, 0.05) is 24.0 Å². The van der Waals surface area contributed by atoms with E-state index in [0.717, 1.165) is 32.1 Å². The fourth-order valence-electron chi connectivity index (χ4n) is 3.93. The number of nitrogens with zero attached hydrogens (tertiary/aromatic N) is 1. The highest BCUT2D eigenvalue weighted by Gasteiger charge is 2.45. The quantitative estimate of drug-likeness (QED) is 0.839. The number of piperidine rings is 1. The van der Waals surface area contributed by atoms with E-state index in [-0.39, 0.29) is 11.5 Å². The van der Waals surface area contributed by atoms with Crippen LogP contribution in [0.4, 0.5) is 0 Å². The lowest BCUT2D eigenvalue weighted by molar-refractivity contribution is -0.149. The van der Waals surface area contributed by atoms with Gasteiger partial charge in [0.2, 0.25) is 5.91 Å². The molecule has 2 aliphatic rings. The second-order valence-corrected chi connectivity index (χ2v) is 6.22. The van der Waals surface area contributed by atoms with Crippen LogP contribution in [-0.4, -0.2) is 29.4 Å². The molecule has 3 heteroatoms. The molecule has 1 aliphatic carbocycles. The Morgan fingerprint density at radius 2 is 1.94 bits per heavy atom. The number of nitrogens with two attached hydrogens (primary N) is 1. The van der Waals surface area contributed by atoms with E-state index in [1.165, 1.54) is 19.3 Å². The Balaban J connectivity index is 2.19. The molecule has 0 spiro atoms. The number of likely N-dealkylation sites (tertiary alicyclic amines) is 1. The normalized spacial score (nSPS) is 31.6. The maximum atomic E-state index is 13.0. The molecule has 2 unspecified atom stereocenters. The van der Waals surface area contributed by atoms with Gasteiger partial charge >= 0.3 is 0 Å². The van der Waals surface area contributed by atoms with Gasteiger partial charge in [0.05, 0.1) is 0 Å². The third-order valence-corrected chi connectivity index (χ3v) is 5.23. The van der Waals surface area contributed by atoms with E-state index in [2.05, 4.69) is 18.7 Å². The average molecular weight is 252 g/mol. The molecule has 1 heterocycles. The van der Waals surface area contributed by atoms with Crippen molar-refractivity contribution in [2.75, 3.05) is 6.54 Å². The topological polar surface area (TPSA) is 46.3 Å². The molecular weight excluding hydrogens is 224 g/mol. The number of carbonyl (C=O) groups excluding carboxylic acids is 1. The van der Waals surface area contributed by atoms with Crippen molar-refractivity contribution in [2.24, 2.45) is 11.1 Å². The molecule has 1 aliphatic heterocycles. The van der Waals surface area contributed by atoms with Gasteiger partial charge in [0.15, 0.2) is 0 Å². The molecule has 2 N–H and O–H groups in total. The van der Waals surface area contributed by atoms with Gasteiger partial charge in [-0.05, 0) is 45.4 Å². The molecule has 0 aromatic carbocycles. The molecule has 18 heavy (non-hydrogen) atoms. The first kappa shape index (κ1) is 13.9. The summed E-state index contributed by atoms with van der Waals surface area (Å²) < 4.78 is 0. The average Bonchev–Trinajstić information content (AvgIpc) is 2.87. The molecular formula is C15H28N2O. The summed E-state index contributed by atoms with van der Waals surface area (Å²) in [6.45, 7) is 4.99. The van der Waals surface area contributed by atoms with Crippen LogP contribution < -0.4 is 5.73 Å². The van der Waals surface area contributed by atoms with Crippen molar-refractivity contribution in [1.29, 1.82) is 0 Å². The van der Waals surface area contributed by atoms with E-state index in [1.54, 1.807) is 0 Å². The van der Waals surface area contributed by atoms with Crippen molar-refractivity contribution in [3.05, 3.63) is 0 Å².